The van der Waals surface area contributed by atoms with Gasteiger partial charge in [-0.05, 0) is 12.1 Å². The summed E-state index contributed by atoms with van der Waals surface area (Å²) in [6, 6.07) is 3.88. The molecule has 0 radical (unpaired) electrons. The van der Waals surface area contributed by atoms with E-state index in [4.69, 9.17) is 9.15 Å². The molecule has 0 fully saturated rings. The second-order valence-electron chi connectivity index (χ2n) is 3.58. The predicted octanol–water partition coefficient (Wildman–Crippen LogP) is 3.81. The fourth-order valence-electron chi connectivity index (χ4n) is 1.46. The fraction of sp³-hybridized carbons (Fsp3) is 0.182. The molecule has 108 valence electrons. The summed E-state index contributed by atoms with van der Waals surface area (Å²) in [6.45, 7) is 0. The molecule has 0 aliphatic carbocycles. The van der Waals surface area contributed by atoms with Crippen molar-refractivity contribution in [1.29, 1.82) is 0 Å². The van der Waals surface area contributed by atoms with Gasteiger partial charge in [-0.15, -0.1) is 13.2 Å². The minimum absolute atomic E-state index is 0.176. The molecule has 0 aliphatic rings. The number of rotatable bonds is 2. The molecule has 1 heterocycles. The van der Waals surface area contributed by atoms with Crippen LogP contribution in [0, 0.1) is 0 Å². The number of carbonyl (C=O) groups is 1. The molecule has 20 heavy (non-hydrogen) atoms. The Morgan fingerprint density at radius 3 is 2.65 bits per heavy atom. The van der Waals surface area contributed by atoms with Crippen molar-refractivity contribution < 1.29 is 31.9 Å². The van der Waals surface area contributed by atoms with E-state index in [0.717, 1.165) is 6.07 Å². The van der Waals surface area contributed by atoms with E-state index in [1.807, 2.05) is 0 Å². The van der Waals surface area contributed by atoms with Crippen LogP contribution in [0.1, 0.15) is 0 Å². The van der Waals surface area contributed by atoms with E-state index in [1.54, 1.807) is 0 Å². The van der Waals surface area contributed by atoms with Crippen LogP contribution in [0.25, 0.3) is 11.0 Å². The Kier molecular flexibility index (Phi) is 3.80. The van der Waals surface area contributed by atoms with Gasteiger partial charge in [-0.1, -0.05) is 15.9 Å². The van der Waals surface area contributed by atoms with E-state index in [-0.39, 0.29) is 16.9 Å². The Balaban J connectivity index is 2.44. The first-order valence-corrected chi connectivity index (χ1v) is 5.96. The quantitative estimate of drug-likeness (QED) is 0.891. The lowest BCUT2D eigenvalue weighted by atomic mass is 10.2. The molecule has 0 spiro atoms. The Hall–Kier alpha value is -1.90. The molecule has 9 heteroatoms. The number of halogens is 4. The van der Waals surface area contributed by atoms with E-state index in [2.05, 4.69) is 26.0 Å². The first kappa shape index (κ1) is 14.5. The summed E-state index contributed by atoms with van der Waals surface area (Å²) in [5, 5.41) is 2.47. The Morgan fingerprint density at radius 1 is 1.35 bits per heavy atom. The molecule has 2 rings (SSSR count). The van der Waals surface area contributed by atoms with Crippen LogP contribution in [0.5, 0.6) is 11.7 Å². The minimum atomic E-state index is -4.86. The number of amides is 1. The molecular formula is C11H7BrF3NO4. The van der Waals surface area contributed by atoms with E-state index in [9.17, 15) is 18.0 Å². The Labute approximate surface area is 118 Å². The maximum absolute atomic E-state index is 12.3. The third kappa shape index (κ3) is 3.35. The molecule has 0 atom stereocenters. The smallest absolute Gasteiger partial charge is 0.421 e. The molecule has 0 saturated carbocycles. The van der Waals surface area contributed by atoms with Crippen LogP contribution in [0.2, 0.25) is 0 Å². The molecule has 5 nitrogen and oxygen atoms in total. The summed E-state index contributed by atoms with van der Waals surface area (Å²) in [7, 11) is 1.33. The third-order valence-electron chi connectivity index (χ3n) is 2.15. The first-order valence-electron chi connectivity index (χ1n) is 5.17. The SMILES string of the molecule is CNC(=O)Oc1cc2cc(Br)cc(OC(F)(F)F)c2o1. The van der Waals surface area contributed by atoms with Crippen molar-refractivity contribution in [3.05, 3.63) is 22.7 Å². The largest absolute Gasteiger partial charge is 0.573 e. The number of alkyl halides is 3. The zero-order valence-electron chi connectivity index (χ0n) is 9.88. The van der Waals surface area contributed by atoms with E-state index in [0.29, 0.717) is 4.47 Å². The number of hydrogen-bond acceptors (Lipinski definition) is 4. The number of carbonyl (C=O) groups excluding carboxylic acids is 1. The molecule has 1 aromatic carbocycles. The topological polar surface area (TPSA) is 60.7 Å². The fourth-order valence-corrected chi connectivity index (χ4v) is 1.91. The Morgan fingerprint density at radius 2 is 2.05 bits per heavy atom. The summed E-state index contributed by atoms with van der Waals surface area (Å²) in [6.07, 6.45) is -5.66. The highest BCUT2D eigenvalue weighted by atomic mass is 79.9. The van der Waals surface area contributed by atoms with E-state index < -0.39 is 18.2 Å². The monoisotopic (exact) mass is 353 g/mol. The van der Waals surface area contributed by atoms with Crippen molar-refractivity contribution in [3.8, 4) is 11.7 Å². The van der Waals surface area contributed by atoms with Crippen LogP contribution in [0.4, 0.5) is 18.0 Å². The second kappa shape index (κ2) is 5.23. The van der Waals surface area contributed by atoms with E-state index in [1.165, 1.54) is 19.2 Å². The van der Waals surface area contributed by atoms with Crippen LogP contribution in [-0.2, 0) is 0 Å². The summed E-state index contributed by atoms with van der Waals surface area (Å²) < 4.78 is 50.9. The lowest BCUT2D eigenvalue weighted by Gasteiger charge is -2.09. The van der Waals surface area contributed by atoms with Gasteiger partial charge in [0.2, 0.25) is 0 Å². The minimum Gasteiger partial charge on any atom is -0.421 e. The van der Waals surface area contributed by atoms with Crippen molar-refractivity contribution in [2.24, 2.45) is 0 Å². The van der Waals surface area contributed by atoms with Gasteiger partial charge in [0.15, 0.2) is 11.3 Å². The van der Waals surface area contributed by atoms with Crippen LogP contribution < -0.4 is 14.8 Å². The average Bonchev–Trinajstić information content (AvgIpc) is 2.69. The van der Waals surface area contributed by atoms with Crippen LogP contribution in [-0.4, -0.2) is 19.5 Å². The standard InChI is InChI=1S/C11H7BrF3NO4/c1-16-10(17)19-8-3-5-2-6(12)4-7(9(5)18-8)20-11(13,14)15/h2-4H,1H3,(H,16,17). The summed E-state index contributed by atoms with van der Waals surface area (Å²) in [5.74, 6) is -0.780. The van der Waals surface area contributed by atoms with Gasteiger partial charge in [0, 0.05) is 23.0 Å². The van der Waals surface area contributed by atoms with Gasteiger partial charge in [-0.25, -0.2) is 4.79 Å². The van der Waals surface area contributed by atoms with Crippen molar-refractivity contribution in [2.45, 2.75) is 6.36 Å². The van der Waals surface area contributed by atoms with Crippen LogP contribution >= 0.6 is 15.9 Å². The molecule has 0 saturated heterocycles. The molecule has 0 bridgehead atoms. The highest BCUT2D eigenvalue weighted by Crippen LogP contribution is 2.37. The predicted molar refractivity (Wildman–Crippen MR) is 65.7 cm³/mol. The maximum atomic E-state index is 12.3. The summed E-state index contributed by atoms with van der Waals surface area (Å²) >= 11 is 3.06. The molecule has 1 N–H and O–H groups in total. The van der Waals surface area contributed by atoms with Crippen molar-refractivity contribution in [3.63, 3.8) is 0 Å². The van der Waals surface area contributed by atoms with Gasteiger partial charge in [0.1, 0.15) is 0 Å². The number of nitrogens with one attached hydrogen (secondary N) is 1. The van der Waals surface area contributed by atoms with Crippen LogP contribution in [0.15, 0.2) is 27.1 Å². The zero-order valence-corrected chi connectivity index (χ0v) is 11.5. The summed E-state index contributed by atoms with van der Waals surface area (Å²) in [4.78, 5) is 11.0. The Bertz CT molecular complexity index is 653. The average molecular weight is 354 g/mol. The second-order valence-corrected chi connectivity index (χ2v) is 4.49. The van der Waals surface area contributed by atoms with Gasteiger partial charge < -0.3 is 19.2 Å². The lowest BCUT2D eigenvalue weighted by Crippen LogP contribution is -2.21. The first-order chi connectivity index (χ1) is 9.28. The number of benzene rings is 1. The molecule has 1 amide bonds. The molecule has 1 aromatic heterocycles. The third-order valence-corrected chi connectivity index (χ3v) is 2.61. The number of furan rings is 1. The maximum Gasteiger partial charge on any atom is 0.573 e. The number of hydrogen-bond donors (Lipinski definition) is 1. The van der Waals surface area contributed by atoms with Gasteiger partial charge in [0.05, 0.1) is 0 Å². The van der Waals surface area contributed by atoms with Crippen LogP contribution in [0.3, 0.4) is 0 Å². The summed E-state index contributed by atoms with van der Waals surface area (Å²) in [5.41, 5.74) is -0.176. The van der Waals surface area contributed by atoms with Crippen molar-refractivity contribution in [2.75, 3.05) is 7.05 Å². The molecule has 0 unspecified atom stereocenters. The molecular weight excluding hydrogens is 347 g/mol. The van der Waals surface area contributed by atoms with Crippen molar-refractivity contribution in [1.82, 2.24) is 5.32 Å². The number of ether oxygens (including phenoxy) is 2. The van der Waals surface area contributed by atoms with E-state index >= 15 is 0 Å². The number of fused-ring (bicyclic) bond motifs is 1. The molecule has 0 aliphatic heterocycles. The highest BCUT2D eigenvalue weighted by molar-refractivity contribution is 9.10. The van der Waals surface area contributed by atoms with Crippen molar-refractivity contribution >= 4 is 33.0 Å². The normalized spacial score (nSPS) is 11.4. The van der Waals surface area contributed by atoms with Gasteiger partial charge >= 0.3 is 12.5 Å². The lowest BCUT2D eigenvalue weighted by molar-refractivity contribution is -0.274. The molecule has 2 aromatic rings. The highest BCUT2D eigenvalue weighted by Gasteiger charge is 2.33. The van der Waals surface area contributed by atoms with Gasteiger partial charge in [0.25, 0.3) is 5.95 Å². The van der Waals surface area contributed by atoms with Gasteiger partial charge in [-0.3, -0.25) is 0 Å². The van der Waals surface area contributed by atoms with Gasteiger partial charge in [-0.2, -0.15) is 0 Å². The zero-order chi connectivity index (χ0) is 14.9.